The molecule has 0 aliphatic carbocycles. The fourth-order valence-electron chi connectivity index (χ4n) is 2.45. The topological polar surface area (TPSA) is 60.5 Å². The van der Waals surface area contributed by atoms with Crippen molar-refractivity contribution in [3.05, 3.63) is 53.0 Å². The number of thiazole rings is 1. The summed E-state index contributed by atoms with van der Waals surface area (Å²) in [6.07, 6.45) is 0.717. The summed E-state index contributed by atoms with van der Waals surface area (Å²) >= 11 is 1.53. The molecule has 3 aromatic rings. The molecule has 0 aliphatic rings. The lowest BCUT2D eigenvalue weighted by Gasteiger charge is -2.10. The Morgan fingerprint density at radius 3 is 2.75 bits per heavy atom. The van der Waals surface area contributed by atoms with E-state index in [0.717, 1.165) is 22.2 Å². The smallest absolute Gasteiger partial charge is 0.251 e. The molecule has 1 N–H and O–H groups in total. The first-order valence-corrected chi connectivity index (χ1v) is 8.41. The maximum atomic E-state index is 12.3. The van der Waals surface area contributed by atoms with Gasteiger partial charge in [-0.3, -0.25) is 4.79 Å². The third-order valence-electron chi connectivity index (χ3n) is 3.74. The Morgan fingerprint density at radius 2 is 1.96 bits per heavy atom. The SMILES string of the molecule is COc1ccc(CCNC(=O)c2ccc3ncsc3c2)cc1OC. The summed E-state index contributed by atoms with van der Waals surface area (Å²) in [6, 6.07) is 11.3. The van der Waals surface area contributed by atoms with Crippen LogP contribution < -0.4 is 14.8 Å². The molecular weight excluding hydrogens is 324 g/mol. The third kappa shape index (κ3) is 3.49. The van der Waals surface area contributed by atoms with Crippen LogP contribution in [0.4, 0.5) is 0 Å². The number of nitrogens with zero attached hydrogens (tertiary/aromatic N) is 1. The van der Waals surface area contributed by atoms with Gasteiger partial charge in [0.2, 0.25) is 0 Å². The molecule has 2 aromatic carbocycles. The monoisotopic (exact) mass is 342 g/mol. The zero-order valence-electron chi connectivity index (χ0n) is 13.5. The molecule has 6 heteroatoms. The number of methoxy groups -OCH3 is 2. The predicted molar refractivity (Wildman–Crippen MR) is 95.2 cm³/mol. The Hall–Kier alpha value is -2.60. The van der Waals surface area contributed by atoms with Crippen molar-refractivity contribution in [2.45, 2.75) is 6.42 Å². The van der Waals surface area contributed by atoms with Gasteiger partial charge in [-0.2, -0.15) is 0 Å². The molecule has 0 aliphatic heterocycles. The van der Waals surface area contributed by atoms with Gasteiger partial charge in [0, 0.05) is 12.1 Å². The van der Waals surface area contributed by atoms with Crippen LogP contribution in [0, 0.1) is 0 Å². The van der Waals surface area contributed by atoms with Crippen molar-refractivity contribution in [2.75, 3.05) is 20.8 Å². The molecule has 5 nitrogen and oxygen atoms in total. The van der Waals surface area contributed by atoms with Crippen LogP contribution >= 0.6 is 11.3 Å². The third-order valence-corrected chi connectivity index (χ3v) is 4.53. The summed E-state index contributed by atoms with van der Waals surface area (Å²) in [5.41, 5.74) is 4.43. The van der Waals surface area contributed by atoms with E-state index in [0.29, 0.717) is 23.6 Å². The van der Waals surface area contributed by atoms with Gasteiger partial charge in [0.15, 0.2) is 11.5 Å². The highest BCUT2D eigenvalue weighted by Crippen LogP contribution is 2.27. The van der Waals surface area contributed by atoms with Gasteiger partial charge in [-0.05, 0) is 42.3 Å². The summed E-state index contributed by atoms with van der Waals surface area (Å²) in [7, 11) is 3.22. The van der Waals surface area contributed by atoms with E-state index >= 15 is 0 Å². The molecule has 0 saturated carbocycles. The van der Waals surface area contributed by atoms with Crippen LogP contribution in [0.5, 0.6) is 11.5 Å². The van der Waals surface area contributed by atoms with E-state index in [2.05, 4.69) is 10.3 Å². The summed E-state index contributed by atoms with van der Waals surface area (Å²) in [5, 5.41) is 2.94. The Kier molecular flexibility index (Phi) is 4.96. The van der Waals surface area contributed by atoms with E-state index in [4.69, 9.17) is 9.47 Å². The maximum Gasteiger partial charge on any atom is 0.251 e. The van der Waals surface area contributed by atoms with E-state index in [1.807, 2.05) is 30.3 Å². The number of nitrogens with one attached hydrogen (secondary N) is 1. The molecular formula is C18H18N2O3S. The number of rotatable bonds is 6. The van der Waals surface area contributed by atoms with Crippen LogP contribution in [0.2, 0.25) is 0 Å². The lowest BCUT2D eigenvalue weighted by atomic mass is 10.1. The van der Waals surface area contributed by atoms with Crippen molar-refractivity contribution in [2.24, 2.45) is 0 Å². The second-order valence-corrected chi connectivity index (χ2v) is 6.12. The highest BCUT2D eigenvalue weighted by molar-refractivity contribution is 7.16. The standard InChI is InChI=1S/C18H18N2O3S/c1-22-15-6-3-12(9-16(15)23-2)7-8-19-18(21)13-4-5-14-17(10-13)24-11-20-14/h3-6,9-11H,7-8H2,1-2H3,(H,19,21). The number of ether oxygens (including phenoxy) is 2. The first kappa shape index (κ1) is 16.3. The fraction of sp³-hybridized carbons (Fsp3) is 0.222. The number of hydrogen-bond donors (Lipinski definition) is 1. The molecule has 0 saturated heterocycles. The van der Waals surface area contributed by atoms with Crippen molar-refractivity contribution >= 4 is 27.5 Å². The van der Waals surface area contributed by atoms with E-state index < -0.39 is 0 Å². The molecule has 0 bridgehead atoms. The second-order valence-electron chi connectivity index (χ2n) is 5.23. The highest BCUT2D eigenvalue weighted by Gasteiger charge is 2.08. The van der Waals surface area contributed by atoms with Crippen molar-refractivity contribution in [3.8, 4) is 11.5 Å². The molecule has 3 rings (SSSR count). The van der Waals surface area contributed by atoms with Crippen molar-refractivity contribution < 1.29 is 14.3 Å². The number of hydrogen-bond acceptors (Lipinski definition) is 5. The van der Waals surface area contributed by atoms with E-state index in [9.17, 15) is 4.79 Å². The fourth-order valence-corrected chi connectivity index (χ4v) is 3.17. The van der Waals surface area contributed by atoms with Gasteiger partial charge >= 0.3 is 0 Å². The molecule has 1 heterocycles. The number of benzene rings is 2. The van der Waals surface area contributed by atoms with Gasteiger partial charge in [-0.15, -0.1) is 11.3 Å². The zero-order chi connectivity index (χ0) is 16.9. The van der Waals surface area contributed by atoms with Crippen LogP contribution in [0.25, 0.3) is 10.2 Å². The molecule has 0 unspecified atom stereocenters. The first-order chi connectivity index (χ1) is 11.7. The normalized spacial score (nSPS) is 10.6. The van der Waals surface area contributed by atoms with Crippen LogP contribution in [0.15, 0.2) is 41.9 Å². The van der Waals surface area contributed by atoms with E-state index in [1.165, 1.54) is 11.3 Å². The average molecular weight is 342 g/mol. The Balaban J connectivity index is 1.60. The van der Waals surface area contributed by atoms with Crippen molar-refractivity contribution in [3.63, 3.8) is 0 Å². The summed E-state index contributed by atoms with van der Waals surface area (Å²) in [4.78, 5) is 16.5. The van der Waals surface area contributed by atoms with Gasteiger partial charge in [0.05, 0.1) is 29.9 Å². The molecule has 1 aromatic heterocycles. The Labute approximate surface area is 144 Å². The lowest BCUT2D eigenvalue weighted by molar-refractivity contribution is 0.0954. The maximum absolute atomic E-state index is 12.3. The minimum absolute atomic E-state index is 0.0780. The first-order valence-electron chi connectivity index (χ1n) is 7.53. The minimum atomic E-state index is -0.0780. The summed E-state index contributed by atoms with van der Waals surface area (Å²) < 4.78 is 11.5. The van der Waals surface area contributed by atoms with Gasteiger partial charge in [0.1, 0.15) is 0 Å². The van der Waals surface area contributed by atoms with E-state index in [1.54, 1.807) is 25.8 Å². The Bertz CT molecular complexity index is 860. The van der Waals surface area contributed by atoms with Crippen LogP contribution in [0.1, 0.15) is 15.9 Å². The predicted octanol–water partition coefficient (Wildman–Crippen LogP) is 3.29. The number of fused-ring (bicyclic) bond motifs is 1. The number of carbonyl (C=O) groups is 1. The summed E-state index contributed by atoms with van der Waals surface area (Å²) in [5.74, 6) is 1.31. The molecule has 124 valence electrons. The number of amides is 1. The van der Waals surface area contributed by atoms with Gasteiger partial charge in [-0.25, -0.2) is 4.98 Å². The minimum Gasteiger partial charge on any atom is -0.493 e. The van der Waals surface area contributed by atoms with Crippen LogP contribution in [0.3, 0.4) is 0 Å². The largest absolute Gasteiger partial charge is 0.493 e. The molecule has 0 atom stereocenters. The summed E-state index contributed by atoms with van der Waals surface area (Å²) in [6.45, 7) is 0.551. The van der Waals surface area contributed by atoms with E-state index in [-0.39, 0.29) is 5.91 Å². The number of aromatic nitrogens is 1. The number of carbonyl (C=O) groups excluding carboxylic acids is 1. The molecule has 0 fully saturated rings. The van der Waals surface area contributed by atoms with Crippen LogP contribution in [-0.2, 0) is 6.42 Å². The lowest BCUT2D eigenvalue weighted by Crippen LogP contribution is -2.25. The zero-order valence-corrected chi connectivity index (χ0v) is 14.4. The second kappa shape index (κ2) is 7.31. The average Bonchev–Trinajstić information content (AvgIpc) is 3.09. The molecule has 0 spiro atoms. The molecule has 0 radical (unpaired) electrons. The van der Waals surface area contributed by atoms with Gasteiger partial charge in [0.25, 0.3) is 5.91 Å². The molecule has 1 amide bonds. The quantitative estimate of drug-likeness (QED) is 0.747. The van der Waals surface area contributed by atoms with Crippen molar-refractivity contribution in [1.29, 1.82) is 0 Å². The van der Waals surface area contributed by atoms with Crippen LogP contribution in [-0.4, -0.2) is 31.7 Å². The van der Waals surface area contributed by atoms with Gasteiger partial charge in [-0.1, -0.05) is 6.07 Å². The Morgan fingerprint density at radius 1 is 1.12 bits per heavy atom. The highest BCUT2D eigenvalue weighted by atomic mass is 32.1. The van der Waals surface area contributed by atoms with Crippen molar-refractivity contribution in [1.82, 2.24) is 10.3 Å². The molecule has 24 heavy (non-hydrogen) atoms. The van der Waals surface area contributed by atoms with Gasteiger partial charge < -0.3 is 14.8 Å².